The van der Waals surface area contributed by atoms with Crippen LogP contribution in [-0.4, -0.2) is 36.7 Å². The second-order valence-electron chi connectivity index (χ2n) is 6.77. The number of hydrogen-bond acceptors (Lipinski definition) is 2. The summed E-state index contributed by atoms with van der Waals surface area (Å²) in [7, 11) is 0. The van der Waals surface area contributed by atoms with Gasteiger partial charge in [-0.05, 0) is 48.4 Å². The molecule has 2 aliphatic rings. The Morgan fingerprint density at radius 1 is 1.36 bits per heavy atom. The zero-order valence-corrected chi connectivity index (χ0v) is 13.1. The number of halogens is 1. The molecule has 2 amide bonds. The molecule has 0 bridgehead atoms. The van der Waals surface area contributed by atoms with Crippen LogP contribution in [0.5, 0.6) is 5.75 Å². The highest BCUT2D eigenvalue weighted by Crippen LogP contribution is 2.51. The van der Waals surface area contributed by atoms with Crippen LogP contribution in [-0.2, 0) is 0 Å². The van der Waals surface area contributed by atoms with Crippen LogP contribution in [0, 0.1) is 17.2 Å². The Morgan fingerprint density at radius 3 is 2.55 bits per heavy atom. The van der Waals surface area contributed by atoms with Crippen LogP contribution < -0.4 is 10.1 Å². The lowest BCUT2D eigenvalue weighted by Gasteiger charge is -2.39. The Morgan fingerprint density at radius 2 is 2.00 bits per heavy atom. The van der Waals surface area contributed by atoms with Gasteiger partial charge < -0.3 is 15.0 Å². The minimum Gasteiger partial charge on any atom is -0.487 e. The molecule has 5 heteroatoms. The molecule has 3 rings (SSSR count). The predicted octanol–water partition coefficient (Wildman–Crippen LogP) is 3.03. The van der Waals surface area contributed by atoms with Gasteiger partial charge in [0.1, 0.15) is 17.7 Å². The van der Waals surface area contributed by atoms with Crippen LogP contribution in [0.3, 0.4) is 0 Å². The van der Waals surface area contributed by atoms with Crippen molar-refractivity contribution < 1.29 is 13.9 Å². The van der Waals surface area contributed by atoms with Gasteiger partial charge in [-0.2, -0.15) is 0 Å². The number of nitrogens with one attached hydrogen (secondary N) is 1. The molecular weight excluding hydrogens is 283 g/mol. The predicted molar refractivity (Wildman–Crippen MR) is 82.3 cm³/mol. The monoisotopic (exact) mass is 306 g/mol. The van der Waals surface area contributed by atoms with Gasteiger partial charge >= 0.3 is 6.03 Å². The van der Waals surface area contributed by atoms with E-state index >= 15 is 0 Å². The summed E-state index contributed by atoms with van der Waals surface area (Å²) >= 11 is 0. The van der Waals surface area contributed by atoms with Crippen LogP contribution >= 0.6 is 0 Å². The first-order chi connectivity index (χ1) is 10.5. The molecule has 1 aliphatic carbocycles. The molecule has 1 aromatic carbocycles. The van der Waals surface area contributed by atoms with Gasteiger partial charge in [-0.1, -0.05) is 13.8 Å². The van der Waals surface area contributed by atoms with E-state index in [0.717, 1.165) is 6.54 Å². The van der Waals surface area contributed by atoms with Gasteiger partial charge in [0.25, 0.3) is 0 Å². The summed E-state index contributed by atoms with van der Waals surface area (Å²) < 4.78 is 18.5. The van der Waals surface area contributed by atoms with Crippen molar-refractivity contribution in [2.75, 3.05) is 19.6 Å². The molecule has 0 aromatic heterocycles. The lowest BCUT2D eigenvalue weighted by atomic mass is 9.92. The van der Waals surface area contributed by atoms with Crippen LogP contribution in [0.1, 0.15) is 26.7 Å². The standard InChI is InChI=1S/C17H23FN2O2/c1-12(2)17(7-8-17)11-19-16(21)20-9-15(10-20)22-14-5-3-13(18)4-6-14/h3-6,12,15H,7-11H2,1-2H3,(H,19,21). The number of ether oxygens (including phenoxy) is 1. The molecule has 0 unspecified atom stereocenters. The van der Waals surface area contributed by atoms with Gasteiger partial charge in [0.05, 0.1) is 13.1 Å². The van der Waals surface area contributed by atoms with Crippen LogP contribution in [0.4, 0.5) is 9.18 Å². The Balaban J connectivity index is 1.39. The molecule has 1 aromatic rings. The minimum absolute atomic E-state index is 0.00352. The number of benzene rings is 1. The number of likely N-dealkylation sites (tertiary alicyclic amines) is 1. The molecule has 120 valence electrons. The molecule has 0 radical (unpaired) electrons. The number of carbonyl (C=O) groups is 1. The maximum Gasteiger partial charge on any atom is 0.317 e. The van der Waals surface area contributed by atoms with Gasteiger partial charge in [0.2, 0.25) is 0 Å². The quantitative estimate of drug-likeness (QED) is 0.908. The zero-order valence-electron chi connectivity index (χ0n) is 13.1. The van der Waals surface area contributed by atoms with Gasteiger partial charge in [-0.15, -0.1) is 0 Å². The highest BCUT2D eigenvalue weighted by atomic mass is 19.1. The van der Waals surface area contributed by atoms with Crippen molar-refractivity contribution in [3.8, 4) is 5.75 Å². The van der Waals surface area contributed by atoms with Crippen molar-refractivity contribution in [1.29, 1.82) is 0 Å². The second-order valence-corrected chi connectivity index (χ2v) is 6.77. The summed E-state index contributed by atoms with van der Waals surface area (Å²) in [4.78, 5) is 13.8. The van der Waals surface area contributed by atoms with Crippen LogP contribution in [0.2, 0.25) is 0 Å². The molecule has 1 saturated carbocycles. The molecule has 1 heterocycles. The fraction of sp³-hybridized carbons (Fsp3) is 0.588. The molecule has 1 saturated heterocycles. The van der Waals surface area contributed by atoms with Crippen LogP contribution in [0.15, 0.2) is 24.3 Å². The van der Waals surface area contributed by atoms with E-state index < -0.39 is 0 Å². The molecule has 0 atom stereocenters. The molecule has 4 nitrogen and oxygen atoms in total. The van der Waals surface area contributed by atoms with Crippen molar-refractivity contribution in [2.24, 2.45) is 11.3 Å². The first-order valence-electron chi connectivity index (χ1n) is 7.93. The summed E-state index contributed by atoms with van der Waals surface area (Å²) in [5, 5.41) is 3.04. The highest BCUT2D eigenvalue weighted by molar-refractivity contribution is 5.75. The number of hydrogen-bond donors (Lipinski definition) is 1. The summed E-state index contributed by atoms with van der Waals surface area (Å²) in [6.45, 7) is 6.37. The summed E-state index contributed by atoms with van der Waals surface area (Å²) in [6, 6.07) is 5.96. The van der Waals surface area contributed by atoms with Gasteiger partial charge in [0.15, 0.2) is 0 Å². The maximum atomic E-state index is 12.8. The third-order valence-electron chi connectivity index (χ3n) is 4.96. The largest absolute Gasteiger partial charge is 0.487 e. The fourth-order valence-electron chi connectivity index (χ4n) is 2.87. The smallest absolute Gasteiger partial charge is 0.317 e. The topological polar surface area (TPSA) is 41.6 Å². The van der Waals surface area contributed by atoms with E-state index in [2.05, 4.69) is 19.2 Å². The Bertz CT molecular complexity index is 534. The number of carbonyl (C=O) groups excluding carboxylic acids is 1. The van der Waals surface area contributed by atoms with E-state index in [0.29, 0.717) is 30.2 Å². The van der Waals surface area contributed by atoms with E-state index in [1.165, 1.54) is 25.0 Å². The lowest BCUT2D eigenvalue weighted by Crippen LogP contribution is -2.59. The lowest BCUT2D eigenvalue weighted by molar-refractivity contribution is 0.0437. The SMILES string of the molecule is CC(C)C1(CNC(=O)N2CC(Oc3ccc(F)cc3)C2)CC1. The van der Waals surface area contributed by atoms with Crippen molar-refractivity contribution in [1.82, 2.24) is 10.2 Å². The van der Waals surface area contributed by atoms with Gasteiger partial charge in [-0.3, -0.25) is 0 Å². The van der Waals surface area contributed by atoms with E-state index in [4.69, 9.17) is 4.74 Å². The maximum absolute atomic E-state index is 12.8. The Kier molecular flexibility index (Phi) is 3.98. The molecule has 22 heavy (non-hydrogen) atoms. The molecule has 2 fully saturated rings. The van der Waals surface area contributed by atoms with Crippen LogP contribution in [0.25, 0.3) is 0 Å². The summed E-state index contributed by atoms with van der Waals surface area (Å²) in [5.41, 5.74) is 0.324. The van der Waals surface area contributed by atoms with Gasteiger partial charge in [-0.25, -0.2) is 9.18 Å². The highest BCUT2D eigenvalue weighted by Gasteiger charge is 2.45. The first kappa shape index (κ1) is 15.1. The zero-order chi connectivity index (χ0) is 15.7. The molecule has 1 aliphatic heterocycles. The Hall–Kier alpha value is -1.78. The number of rotatable bonds is 5. The fourth-order valence-corrected chi connectivity index (χ4v) is 2.87. The average molecular weight is 306 g/mol. The van der Waals surface area contributed by atoms with E-state index in [9.17, 15) is 9.18 Å². The second kappa shape index (κ2) is 5.78. The number of nitrogens with zero attached hydrogens (tertiary/aromatic N) is 1. The molecule has 0 spiro atoms. The van der Waals surface area contributed by atoms with E-state index in [-0.39, 0.29) is 18.0 Å². The van der Waals surface area contributed by atoms with Crippen molar-refractivity contribution in [3.05, 3.63) is 30.1 Å². The first-order valence-corrected chi connectivity index (χ1v) is 7.93. The third kappa shape index (κ3) is 3.18. The number of amides is 2. The third-order valence-corrected chi connectivity index (χ3v) is 4.96. The molecule has 1 N–H and O–H groups in total. The minimum atomic E-state index is -0.277. The van der Waals surface area contributed by atoms with Crippen molar-refractivity contribution >= 4 is 6.03 Å². The normalized spacial score (nSPS) is 19.7. The van der Waals surface area contributed by atoms with Crippen molar-refractivity contribution in [3.63, 3.8) is 0 Å². The Labute approximate surface area is 130 Å². The van der Waals surface area contributed by atoms with Gasteiger partial charge in [0, 0.05) is 6.54 Å². The number of urea groups is 1. The van der Waals surface area contributed by atoms with E-state index in [1.807, 2.05) is 0 Å². The molecular formula is C17H23FN2O2. The summed E-state index contributed by atoms with van der Waals surface area (Å²) in [6.07, 6.45) is 2.42. The van der Waals surface area contributed by atoms with E-state index in [1.54, 1.807) is 17.0 Å². The average Bonchev–Trinajstić information content (AvgIpc) is 3.23. The summed E-state index contributed by atoms with van der Waals surface area (Å²) in [5.74, 6) is 0.975. The van der Waals surface area contributed by atoms with Crippen molar-refractivity contribution in [2.45, 2.75) is 32.8 Å².